The van der Waals surface area contributed by atoms with E-state index < -0.39 is 31.8 Å². The van der Waals surface area contributed by atoms with Crippen LogP contribution in [0.4, 0.5) is 0 Å². The van der Waals surface area contributed by atoms with Crippen molar-refractivity contribution in [2.24, 2.45) is 0 Å². The molecule has 8 nitrogen and oxygen atoms in total. The molecule has 0 fully saturated rings. The molecule has 1 unspecified atom stereocenters. The lowest BCUT2D eigenvalue weighted by Crippen LogP contribution is -2.46. The highest BCUT2D eigenvalue weighted by Gasteiger charge is 2.22. The summed E-state index contributed by atoms with van der Waals surface area (Å²) in [6, 6.07) is 13.8. The van der Waals surface area contributed by atoms with Gasteiger partial charge in [0, 0.05) is 11.6 Å². The Morgan fingerprint density at radius 1 is 1.00 bits per heavy atom. The number of halogens is 1. The third kappa shape index (κ3) is 8.35. The maximum absolute atomic E-state index is 12.3. The van der Waals surface area contributed by atoms with Crippen molar-refractivity contribution in [2.45, 2.75) is 18.9 Å². The summed E-state index contributed by atoms with van der Waals surface area (Å²) in [5.41, 5.74) is 2.71. The molecule has 1 amide bonds. The zero-order chi connectivity index (χ0) is 21.4. The summed E-state index contributed by atoms with van der Waals surface area (Å²) < 4.78 is 11.2. The molecule has 0 bridgehead atoms. The molecule has 1 atom stereocenters. The van der Waals surface area contributed by atoms with E-state index in [-0.39, 0.29) is 19.4 Å². The second kappa shape index (κ2) is 10.5. The molecule has 156 valence electrons. The van der Waals surface area contributed by atoms with Crippen LogP contribution in [0.3, 0.4) is 0 Å². The number of hydrogen-bond donors (Lipinski definition) is 5. The molecule has 0 aliphatic rings. The van der Waals surface area contributed by atoms with Crippen LogP contribution in [0, 0.1) is 0 Å². The van der Waals surface area contributed by atoms with Crippen molar-refractivity contribution in [1.82, 2.24) is 10.6 Å². The van der Waals surface area contributed by atoms with Crippen LogP contribution in [0.5, 0.6) is 0 Å². The number of carboxylic acids is 1. The van der Waals surface area contributed by atoms with E-state index in [1.807, 2.05) is 36.4 Å². The van der Waals surface area contributed by atoms with Crippen molar-refractivity contribution < 1.29 is 29.0 Å². The number of carbonyl (C=O) groups excluding carboxylic acids is 1. The van der Waals surface area contributed by atoms with Gasteiger partial charge in [-0.3, -0.25) is 19.5 Å². The van der Waals surface area contributed by atoms with Gasteiger partial charge >= 0.3 is 13.6 Å². The number of carboxylic acid groups (broad SMARTS) is 1. The van der Waals surface area contributed by atoms with Gasteiger partial charge in [0.2, 0.25) is 5.91 Å². The van der Waals surface area contributed by atoms with E-state index in [1.54, 1.807) is 12.1 Å². The molecule has 0 radical (unpaired) electrons. The van der Waals surface area contributed by atoms with Crippen molar-refractivity contribution in [3.63, 3.8) is 0 Å². The molecule has 2 rings (SSSR count). The minimum absolute atomic E-state index is 0.0717. The zero-order valence-corrected chi connectivity index (χ0v) is 17.1. The van der Waals surface area contributed by atoms with Gasteiger partial charge in [0.05, 0.1) is 18.7 Å². The Morgan fingerprint density at radius 3 is 2.07 bits per heavy atom. The molecule has 0 spiro atoms. The maximum atomic E-state index is 12.3. The summed E-state index contributed by atoms with van der Waals surface area (Å²) in [6.45, 7) is -0.0717. The van der Waals surface area contributed by atoms with Crippen LogP contribution < -0.4 is 10.6 Å². The van der Waals surface area contributed by atoms with E-state index in [2.05, 4.69) is 10.6 Å². The molecular weight excluding hydrogens is 419 g/mol. The summed E-state index contributed by atoms with van der Waals surface area (Å²) in [6.07, 6.45) is -0.723. The molecule has 0 heterocycles. The Kier molecular flexibility index (Phi) is 8.37. The van der Waals surface area contributed by atoms with E-state index in [0.29, 0.717) is 5.02 Å². The van der Waals surface area contributed by atoms with Gasteiger partial charge in [0.1, 0.15) is 0 Å². The maximum Gasteiger partial charge on any atom is 0.339 e. The summed E-state index contributed by atoms with van der Waals surface area (Å²) in [5, 5.41) is 14.3. The van der Waals surface area contributed by atoms with E-state index in [4.69, 9.17) is 26.5 Å². The van der Waals surface area contributed by atoms with Crippen molar-refractivity contribution in [2.75, 3.05) is 12.8 Å². The summed E-state index contributed by atoms with van der Waals surface area (Å²) in [7, 11) is -4.35. The predicted octanol–water partition coefficient (Wildman–Crippen LogP) is 2.23. The van der Waals surface area contributed by atoms with E-state index >= 15 is 0 Å². The topological polar surface area (TPSA) is 136 Å². The van der Waals surface area contributed by atoms with Crippen molar-refractivity contribution in [3.05, 3.63) is 59.1 Å². The molecule has 2 aromatic carbocycles. The van der Waals surface area contributed by atoms with Crippen LogP contribution >= 0.6 is 19.2 Å². The lowest BCUT2D eigenvalue weighted by atomic mass is 10.0. The highest BCUT2D eigenvalue weighted by Crippen LogP contribution is 2.32. The minimum Gasteiger partial charge on any atom is -0.481 e. The van der Waals surface area contributed by atoms with Gasteiger partial charge < -0.3 is 20.2 Å². The lowest BCUT2D eigenvalue weighted by Gasteiger charge is -2.19. The first-order chi connectivity index (χ1) is 13.6. The molecule has 0 aliphatic heterocycles. The predicted molar refractivity (Wildman–Crippen MR) is 110 cm³/mol. The van der Waals surface area contributed by atoms with Crippen LogP contribution in [0.1, 0.15) is 12.0 Å². The van der Waals surface area contributed by atoms with Crippen molar-refractivity contribution >= 4 is 31.1 Å². The monoisotopic (exact) mass is 440 g/mol. The van der Waals surface area contributed by atoms with E-state index in [9.17, 15) is 14.2 Å². The lowest BCUT2D eigenvalue weighted by molar-refractivity contribution is -0.137. The Hall–Kier alpha value is -2.22. The molecular formula is C19H22ClN2O6P. The average Bonchev–Trinajstić information content (AvgIpc) is 2.65. The van der Waals surface area contributed by atoms with Gasteiger partial charge in [-0.2, -0.15) is 0 Å². The number of hydrogen-bond acceptors (Lipinski definition) is 4. The number of carbonyl (C=O) groups is 2. The fourth-order valence-electron chi connectivity index (χ4n) is 2.61. The number of amides is 1. The van der Waals surface area contributed by atoms with Crippen molar-refractivity contribution in [1.29, 1.82) is 0 Å². The molecule has 0 aromatic heterocycles. The molecule has 0 saturated carbocycles. The highest BCUT2D eigenvalue weighted by molar-refractivity contribution is 7.51. The molecule has 2 aromatic rings. The first kappa shape index (κ1) is 23.1. The average molecular weight is 441 g/mol. The second-order valence-electron chi connectivity index (χ2n) is 6.42. The Balaban J connectivity index is 2.07. The smallest absolute Gasteiger partial charge is 0.339 e. The summed E-state index contributed by atoms with van der Waals surface area (Å²) in [5.74, 6) is -1.58. The van der Waals surface area contributed by atoms with Crippen LogP contribution in [0.15, 0.2) is 48.5 Å². The molecule has 29 heavy (non-hydrogen) atoms. The third-order valence-electron chi connectivity index (χ3n) is 4.07. The third-order valence-corrected chi connectivity index (χ3v) is 4.92. The van der Waals surface area contributed by atoms with Crippen LogP contribution in [0.25, 0.3) is 11.1 Å². The normalized spacial score (nSPS) is 12.4. The Morgan fingerprint density at radius 2 is 1.55 bits per heavy atom. The van der Waals surface area contributed by atoms with Gasteiger partial charge in [-0.1, -0.05) is 48.0 Å². The number of aliphatic carboxylic acids is 1. The molecule has 10 heteroatoms. The molecule has 5 N–H and O–H groups in total. The second-order valence-corrected chi connectivity index (χ2v) is 8.50. The Labute approximate surface area is 173 Å². The summed E-state index contributed by atoms with van der Waals surface area (Å²) >= 11 is 5.89. The van der Waals surface area contributed by atoms with E-state index in [1.165, 1.54) is 0 Å². The standard InChI is InChI=1S/C19H22ClN2O6P/c20-16-7-5-15(6-8-16)14-3-1-13(2-4-14)11-17(22-12-29(26,27)28)19(25)21-10-9-18(23)24/h1-8,17,22H,9-12H2,(H,21,25)(H,23,24)(H2,26,27,28). The molecule has 0 saturated heterocycles. The SMILES string of the molecule is O=C(O)CCNC(=O)C(Cc1ccc(-c2ccc(Cl)cc2)cc1)NCP(=O)(O)O. The zero-order valence-electron chi connectivity index (χ0n) is 15.4. The number of nitrogens with one attached hydrogen (secondary N) is 2. The van der Waals surface area contributed by atoms with Gasteiger partial charge in [-0.15, -0.1) is 0 Å². The number of rotatable bonds is 10. The van der Waals surface area contributed by atoms with E-state index in [0.717, 1.165) is 16.7 Å². The van der Waals surface area contributed by atoms with Crippen LogP contribution in [0.2, 0.25) is 5.02 Å². The quantitative estimate of drug-likeness (QED) is 0.357. The first-order valence-corrected chi connectivity index (χ1v) is 10.9. The summed E-state index contributed by atoms with van der Waals surface area (Å²) in [4.78, 5) is 41.1. The fraction of sp³-hybridized carbons (Fsp3) is 0.263. The van der Waals surface area contributed by atoms with Gasteiger partial charge in [0.25, 0.3) is 0 Å². The fourth-order valence-corrected chi connectivity index (χ4v) is 3.20. The van der Waals surface area contributed by atoms with Gasteiger partial charge in [-0.25, -0.2) is 0 Å². The minimum atomic E-state index is -4.35. The number of benzene rings is 2. The molecule has 0 aliphatic carbocycles. The van der Waals surface area contributed by atoms with Crippen LogP contribution in [-0.2, 0) is 20.6 Å². The highest BCUT2D eigenvalue weighted by atomic mass is 35.5. The Bertz CT molecular complexity index is 883. The van der Waals surface area contributed by atoms with Gasteiger partial charge in [0.15, 0.2) is 0 Å². The van der Waals surface area contributed by atoms with Crippen LogP contribution in [-0.4, -0.2) is 45.6 Å². The first-order valence-electron chi connectivity index (χ1n) is 8.76. The van der Waals surface area contributed by atoms with Gasteiger partial charge in [-0.05, 0) is 35.2 Å². The van der Waals surface area contributed by atoms with Crippen molar-refractivity contribution in [3.8, 4) is 11.1 Å². The largest absolute Gasteiger partial charge is 0.481 e.